The van der Waals surface area contributed by atoms with Crippen molar-refractivity contribution >= 4 is 34.5 Å². The number of aromatic nitrogens is 1. The van der Waals surface area contributed by atoms with E-state index in [4.69, 9.17) is 4.74 Å². The Bertz CT molecular complexity index is 1610. The van der Waals surface area contributed by atoms with Gasteiger partial charge in [-0.25, -0.2) is 0 Å². The molecule has 0 unspecified atom stereocenters. The van der Waals surface area contributed by atoms with Crippen LogP contribution in [-0.2, 0) is 16.1 Å². The number of carbonyl (C=O) groups is 2. The van der Waals surface area contributed by atoms with E-state index in [-0.39, 0.29) is 17.9 Å². The second-order valence-electron chi connectivity index (χ2n) is 10.8. The first-order valence-electron chi connectivity index (χ1n) is 14.7. The Morgan fingerprint density at radius 3 is 2.49 bits per heavy atom. The van der Waals surface area contributed by atoms with E-state index < -0.39 is 0 Å². The molecule has 8 nitrogen and oxygen atoms in total. The number of carbonyl (C=O) groups excluding carboxylic acids is 2. The Hall–Kier alpha value is -4.79. The van der Waals surface area contributed by atoms with Gasteiger partial charge < -0.3 is 20.7 Å². The molecule has 1 atom stereocenters. The topological polar surface area (TPSA) is 95.6 Å². The lowest BCUT2D eigenvalue weighted by Crippen LogP contribution is -2.35. The van der Waals surface area contributed by atoms with Crippen molar-refractivity contribution in [3.8, 4) is 0 Å². The number of fused-ring (bicyclic) bond motifs is 1. The fraction of sp³-hybridized carbons (Fsp3) is 0.229. The van der Waals surface area contributed by atoms with Gasteiger partial charge in [0.05, 0.1) is 30.5 Å². The standard InChI is InChI=1S/C35H35N5O3/c1-2-30(25-7-4-3-5-8-25)38-34(41)26-12-15-31-29(21-26)32(35(42)39-31)33(27-9-6-16-36-22-27)37-28-13-10-24(11-14-28)23-40-17-19-43-20-18-40/h3-16,21-22,30,37H,2,17-20,23H2,1H3,(H,38,41)(H,39,42)/t30-/m1/s1. The Labute approximate surface area is 251 Å². The Kier molecular flexibility index (Phi) is 8.58. The van der Waals surface area contributed by atoms with Crippen LogP contribution in [-0.4, -0.2) is 48.0 Å². The molecule has 1 fully saturated rings. The van der Waals surface area contributed by atoms with Gasteiger partial charge in [0.2, 0.25) is 0 Å². The average Bonchev–Trinajstić information content (AvgIpc) is 3.39. The lowest BCUT2D eigenvalue weighted by Gasteiger charge is -2.26. The van der Waals surface area contributed by atoms with E-state index in [9.17, 15) is 9.59 Å². The van der Waals surface area contributed by atoms with Crippen LogP contribution in [0.1, 0.15) is 52.0 Å². The fourth-order valence-electron chi connectivity index (χ4n) is 5.55. The minimum atomic E-state index is -0.237. The van der Waals surface area contributed by atoms with Crippen molar-refractivity contribution in [2.24, 2.45) is 0 Å². The monoisotopic (exact) mass is 573 g/mol. The first-order valence-corrected chi connectivity index (χ1v) is 14.7. The van der Waals surface area contributed by atoms with Crippen LogP contribution in [0.4, 0.5) is 11.4 Å². The second-order valence-corrected chi connectivity index (χ2v) is 10.8. The number of pyridine rings is 1. The van der Waals surface area contributed by atoms with Gasteiger partial charge in [-0.2, -0.15) is 0 Å². The van der Waals surface area contributed by atoms with E-state index in [1.165, 1.54) is 5.56 Å². The van der Waals surface area contributed by atoms with Crippen LogP contribution in [0.15, 0.2) is 97.3 Å². The third-order valence-corrected chi connectivity index (χ3v) is 7.88. The van der Waals surface area contributed by atoms with Gasteiger partial charge in [0.25, 0.3) is 11.8 Å². The smallest absolute Gasteiger partial charge is 0.258 e. The lowest BCUT2D eigenvalue weighted by molar-refractivity contribution is -0.110. The van der Waals surface area contributed by atoms with Crippen LogP contribution in [0.3, 0.4) is 0 Å². The molecule has 8 heteroatoms. The molecule has 0 bridgehead atoms. The summed E-state index contributed by atoms with van der Waals surface area (Å²) in [7, 11) is 0. The van der Waals surface area contributed by atoms with Gasteiger partial charge in [-0.1, -0.05) is 49.4 Å². The second kappa shape index (κ2) is 13.0. The highest BCUT2D eigenvalue weighted by Crippen LogP contribution is 2.38. The van der Waals surface area contributed by atoms with Crippen LogP contribution in [0.5, 0.6) is 0 Å². The van der Waals surface area contributed by atoms with Gasteiger partial charge in [-0.3, -0.25) is 19.5 Å². The highest BCUT2D eigenvalue weighted by molar-refractivity contribution is 6.37. The summed E-state index contributed by atoms with van der Waals surface area (Å²) in [4.78, 5) is 33.6. The van der Waals surface area contributed by atoms with Crippen LogP contribution < -0.4 is 16.0 Å². The molecule has 2 aliphatic rings. The molecule has 2 aliphatic heterocycles. The zero-order valence-electron chi connectivity index (χ0n) is 24.2. The van der Waals surface area contributed by atoms with Crippen molar-refractivity contribution in [3.05, 3.63) is 125 Å². The first kappa shape index (κ1) is 28.3. The molecule has 43 heavy (non-hydrogen) atoms. The normalized spacial score (nSPS) is 16.6. The van der Waals surface area contributed by atoms with Gasteiger partial charge in [-0.05, 0) is 60.0 Å². The van der Waals surface area contributed by atoms with E-state index >= 15 is 0 Å². The number of ether oxygens (including phenoxy) is 1. The fourth-order valence-corrected chi connectivity index (χ4v) is 5.55. The van der Waals surface area contributed by atoms with E-state index in [2.05, 4.69) is 38.0 Å². The predicted molar refractivity (Wildman–Crippen MR) is 169 cm³/mol. The number of rotatable bonds is 9. The van der Waals surface area contributed by atoms with Crippen molar-refractivity contribution < 1.29 is 14.3 Å². The zero-order valence-corrected chi connectivity index (χ0v) is 24.2. The number of morpholine rings is 1. The zero-order chi connectivity index (χ0) is 29.6. The highest BCUT2D eigenvalue weighted by Gasteiger charge is 2.30. The van der Waals surface area contributed by atoms with Crippen molar-refractivity contribution in [2.45, 2.75) is 25.9 Å². The minimum Gasteiger partial charge on any atom is -0.379 e. The van der Waals surface area contributed by atoms with E-state index in [1.54, 1.807) is 30.6 Å². The molecule has 0 saturated carbocycles. The molecule has 0 spiro atoms. The molecule has 6 rings (SSSR count). The van der Waals surface area contributed by atoms with Gasteiger partial charge in [-0.15, -0.1) is 0 Å². The molecule has 218 valence electrons. The third kappa shape index (κ3) is 6.51. The number of hydrogen-bond acceptors (Lipinski definition) is 6. The molecule has 3 N–H and O–H groups in total. The Balaban J connectivity index is 1.31. The number of anilines is 2. The third-order valence-electron chi connectivity index (χ3n) is 7.88. The summed E-state index contributed by atoms with van der Waals surface area (Å²) >= 11 is 0. The molecule has 0 radical (unpaired) electrons. The van der Waals surface area contributed by atoms with Gasteiger partial charge in [0, 0.05) is 60.1 Å². The SMILES string of the molecule is CC[C@@H](NC(=O)c1ccc2c(c1)C(=C(Nc1ccc(CN3CCOCC3)cc1)c1cccnc1)C(=O)N2)c1ccccc1. The summed E-state index contributed by atoms with van der Waals surface area (Å²) in [6.45, 7) is 6.30. The summed E-state index contributed by atoms with van der Waals surface area (Å²) in [6.07, 6.45) is 4.19. The van der Waals surface area contributed by atoms with Crippen molar-refractivity contribution in [1.29, 1.82) is 0 Å². The van der Waals surface area contributed by atoms with Crippen LogP contribution in [0, 0.1) is 0 Å². The quantitative estimate of drug-likeness (QED) is 0.222. The van der Waals surface area contributed by atoms with Gasteiger partial charge in [0.1, 0.15) is 0 Å². The van der Waals surface area contributed by atoms with Gasteiger partial charge in [0.15, 0.2) is 0 Å². The Morgan fingerprint density at radius 1 is 0.977 bits per heavy atom. The molecule has 0 aliphatic carbocycles. The predicted octanol–water partition coefficient (Wildman–Crippen LogP) is 5.73. The molecule has 1 saturated heterocycles. The number of nitrogens with one attached hydrogen (secondary N) is 3. The maximum Gasteiger partial charge on any atom is 0.258 e. The van der Waals surface area contributed by atoms with E-state index in [0.29, 0.717) is 28.1 Å². The molecule has 1 aromatic heterocycles. The first-order chi connectivity index (χ1) is 21.1. The van der Waals surface area contributed by atoms with Crippen LogP contribution in [0.25, 0.3) is 11.3 Å². The van der Waals surface area contributed by atoms with Crippen LogP contribution in [0.2, 0.25) is 0 Å². The number of benzene rings is 3. The summed E-state index contributed by atoms with van der Waals surface area (Å²) in [6, 6.07) is 27.2. The van der Waals surface area contributed by atoms with Crippen LogP contribution >= 0.6 is 0 Å². The molecular weight excluding hydrogens is 538 g/mol. The van der Waals surface area contributed by atoms with Gasteiger partial charge >= 0.3 is 0 Å². The summed E-state index contributed by atoms with van der Waals surface area (Å²) < 4.78 is 5.47. The maximum atomic E-state index is 13.5. The van der Waals surface area contributed by atoms with Crippen molar-refractivity contribution in [2.75, 3.05) is 36.9 Å². The molecule has 2 amide bonds. The lowest BCUT2D eigenvalue weighted by atomic mass is 9.98. The highest BCUT2D eigenvalue weighted by atomic mass is 16.5. The number of nitrogens with zero attached hydrogens (tertiary/aromatic N) is 2. The molecule has 4 aromatic rings. The molecule has 3 heterocycles. The van der Waals surface area contributed by atoms with E-state index in [0.717, 1.165) is 56.1 Å². The molecule has 3 aromatic carbocycles. The van der Waals surface area contributed by atoms with Crippen molar-refractivity contribution in [1.82, 2.24) is 15.2 Å². The maximum absolute atomic E-state index is 13.5. The summed E-state index contributed by atoms with van der Waals surface area (Å²) in [5, 5.41) is 9.63. The average molecular weight is 574 g/mol. The Morgan fingerprint density at radius 2 is 1.77 bits per heavy atom. The van der Waals surface area contributed by atoms with Crippen molar-refractivity contribution in [3.63, 3.8) is 0 Å². The molecular formula is C35H35N5O3. The summed E-state index contributed by atoms with van der Waals surface area (Å²) in [5.41, 5.74) is 6.78. The van der Waals surface area contributed by atoms with E-state index in [1.807, 2.05) is 61.5 Å². The number of amides is 2. The summed E-state index contributed by atoms with van der Waals surface area (Å²) in [5.74, 6) is -0.428. The minimum absolute atomic E-state index is 0.115. The largest absolute Gasteiger partial charge is 0.379 e. The number of hydrogen-bond donors (Lipinski definition) is 3.